The van der Waals surface area contributed by atoms with Crippen LogP contribution in [-0.2, 0) is 30.3 Å². The summed E-state index contributed by atoms with van der Waals surface area (Å²) in [6.45, 7) is 7.64. The molecule has 2 fully saturated rings. The first-order chi connectivity index (χ1) is 11.0. The van der Waals surface area contributed by atoms with Crippen LogP contribution in [0.5, 0.6) is 0 Å². The normalized spacial score (nSPS) is 31.7. The number of hydrogen-bond donors (Lipinski definition) is 0. The second kappa shape index (κ2) is 6.53. The highest BCUT2D eigenvalue weighted by Gasteiger charge is 2.57. The molecule has 0 unspecified atom stereocenters. The van der Waals surface area contributed by atoms with Crippen LogP contribution in [0.3, 0.4) is 0 Å². The zero-order valence-electron chi connectivity index (χ0n) is 13.4. The fourth-order valence-electron chi connectivity index (χ4n) is 2.95. The Morgan fingerprint density at radius 3 is 2.74 bits per heavy atom. The van der Waals surface area contributed by atoms with Gasteiger partial charge in [-0.05, 0) is 19.4 Å². The van der Waals surface area contributed by atoms with Crippen LogP contribution < -0.4 is 0 Å². The average molecular weight is 318 g/mol. The van der Waals surface area contributed by atoms with E-state index in [0.717, 1.165) is 5.56 Å². The molecule has 124 valence electrons. The van der Waals surface area contributed by atoms with Crippen LogP contribution in [0.1, 0.15) is 25.8 Å². The first kappa shape index (κ1) is 16.3. The number of fused-ring (bicyclic) bond motifs is 1. The van der Waals surface area contributed by atoms with Crippen LogP contribution in [0, 0.1) is 0 Å². The molecule has 2 heterocycles. The van der Waals surface area contributed by atoms with Gasteiger partial charge in [0.2, 0.25) is 0 Å². The van der Waals surface area contributed by atoms with Crippen molar-refractivity contribution in [3.05, 3.63) is 48.6 Å². The highest BCUT2D eigenvalue weighted by molar-refractivity contribution is 5.85. The third-order valence-corrected chi connectivity index (χ3v) is 3.94. The van der Waals surface area contributed by atoms with Crippen molar-refractivity contribution in [3.8, 4) is 0 Å². The number of carbonyl (C=O) groups excluding carboxylic acids is 1. The van der Waals surface area contributed by atoms with Crippen molar-refractivity contribution in [2.45, 2.75) is 57.3 Å². The van der Waals surface area contributed by atoms with Crippen molar-refractivity contribution in [1.29, 1.82) is 0 Å². The largest absolute Gasteiger partial charge is 0.367 e. The molecule has 2 saturated heterocycles. The molecule has 5 heteroatoms. The van der Waals surface area contributed by atoms with Gasteiger partial charge >= 0.3 is 0 Å². The molecule has 23 heavy (non-hydrogen) atoms. The third kappa shape index (κ3) is 3.53. The quantitative estimate of drug-likeness (QED) is 0.755. The maximum Gasteiger partial charge on any atom is 0.190 e. The molecular formula is C18H22O5. The monoisotopic (exact) mass is 318 g/mol. The predicted molar refractivity (Wildman–Crippen MR) is 83.5 cm³/mol. The molecule has 5 nitrogen and oxygen atoms in total. The Morgan fingerprint density at radius 1 is 1.30 bits per heavy atom. The van der Waals surface area contributed by atoms with E-state index >= 15 is 0 Å². The Morgan fingerprint density at radius 2 is 2.04 bits per heavy atom. The summed E-state index contributed by atoms with van der Waals surface area (Å²) in [6, 6.07) is 9.80. The van der Waals surface area contributed by atoms with E-state index in [1.54, 1.807) is 6.08 Å². The van der Waals surface area contributed by atoms with Crippen LogP contribution in [0.4, 0.5) is 0 Å². The summed E-state index contributed by atoms with van der Waals surface area (Å²) < 4.78 is 23.4. The number of hydrogen-bond acceptors (Lipinski definition) is 5. The number of allylic oxidation sites excluding steroid dienone is 1. The van der Waals surface area contributed by atoms with Crippen molar-refractivity contribution in [1.82, 2.24) is 0 Å². The maximum absolute atomic E-state index is 12.3. The van der Waals surface area contributed by atoms with Crippen LogP contribution >= 0.6 is 0 Å². The molecule has 0 N–H and O–H groups in total. The van der Waals surface area contributed by atoms with Gasteiger partial charge in [0.25, 0.3) is 0 Å². The van der Waals surface area contributed by atoms with Gasteiger partial charge in [0.05, 0.1) is 6.61 Å². The smallest absolute Gasteiger partial charge is 0.190 e. The fourth-order valence-corrected chi connectivity index (χ4v) is 2.95. The van der Waals surface area contributed by atoms with Gasteiger partial charge in [-0.3, -0.25) is 4.79 Å². The molecular weight excluding hydrogens is 296 g/mol. The minimum absolute atomic E-state index is 0.0718. The molecule has 0 spiro atoms. The summed E-state index contributed by atoms with van der Waals surface area (Å²) in [7, 11) is 0. The number of rotatable bonds is 6. The summed E-state index contributed by atoms with van der Waals surface area (Å²) in [4.78, 5) is 12.3. The molecule has 3 rings (SSSR count). The number of Topliss-reactive ketones (excluding diaryl/α,β-unsaturated/α-hetero) is 1. The highest BCUT2D eigenvalue weighted by Crippen LogP contribution is 2.39. The summed E-state index contributed by atoms with van der Waals surface area (Å²) >= 11 is 0. The molecule has 2 aliphatic rings. The SMILES string of the molecule is C=CCC(=O)[C@H]1O[C@@H]2OC(C)(C)O[C@@H]2[C@H]1OCc1ccccc1. The van der Waals surface area contributed by atoms with Crippen LogP contribution in [0.2, 0.25) is 0 Å². The van der Waals surface area contributed by atoms with Gasteiger partial charge < -0.3 is 18.9 Å². The van der Waals surface area contributed by atoms with Crippen molar-refractivity contribution < 1.29 is 23.7 Å². The number of ether oxygens (including phenoxy) is 4. The third-order valence-electron chi connectivity index (χ3n) is 3.94. The van der Waals surface area contributed by atoms with Gasteiger partial charge in [0.15, 0.2) is 17.9 Å². The lowest BCUT2D eigenvalue weighted by Gasteiger charge is -2.25. The molecule has 0 saturated carbocycles. The number of ketones is 1. The summed E-state index contributed by atoms with van der Waals surface area (Å²) in [5.74, 6) is -0.812. The first-order valence-electron chi connectivity index (χ1n) is 7.80. The topological polar surface area (TPSA) is 54.0 Å². The van der Waals surface area contributed by atoms with E-state index < -0.39 is 30.4 Å². The predicted octanol–water partition coefficient (Wildman–Crippen LogP) is 2.59. The minimum Gasteiger partial charge on any atom is -0.367 e. The molecule has 0 amide bonds. The van der Waals surface area contributed by atoms with Gasteiger partial charge in [-0.25, -0.2) is 0 Å². The lowest BCUT2D eigenvalue weighted by Crippen LogP contribution is -2.40. The Kier molecular flexibility index (Phi) is 4.64. The van der Waals surface area contributed by atoms with E-state index in [1.807, 2.05) is 44.2 Å². The van der Waals surface area contributed by atoms with Crippen LogP contribution in [0.25, 0.3) is 0 Å². The molecule has 0 aliphatic carbocycles. The highest BCUT2D eigenvalue weighted by atomic mass is 16.8. The lowest BCUT2D eigenvalue weighted by molar-refractivity contribution is -0.218. The summed E-state index contributed by atoms with van der Waals surface area (Å²) in [5.41, 5.74) is 1.03. The van der Waals surface area contributed by atoms with E-state index in [1.165, 1.54) is 0 Å². The zero-order valence-corrected chi connectivity index (χ0v) is 13.4. The van der Waals surface area contributed by atoms with Crippen molar-refractivity contribution in [2.75, 3.05) is 0 Å². The molecule has 0 aromatic heterocycles. The van der Waals surface area contributed by atoms with Gasteiger partial charge in [-0.2, -0.15) is 0 Å². The zero-order chi connectivity index (χ0) is 16.4. The average Bonchev–Trinajstić information content (AvgIpc) is 2.98. The summed E-state index contributed by atoms with van der Waals surface area (Å²) in [5, 5.41) is 0. The number of carbonyl (C=O) groups is 1. The Bertz CT molecular complexity index is 568. The fraction of sp³-hybridized carbons (Fsp3) is 0.500. The lowest BCUT2D eigenvalue weighted by atomic mass is 10.0. The Hall–Kier alpha value is -1.53. The van der Waals surface area contributed by atoms with E-state index in [9.17, 15) is 4.79 Å². The second-order valence-corrected chi connectivity index (χ2v) is 6.25. The van der Waals surface area contributed by atoms with Crippen molar-refractivity contribution in [3.63, 3.8) is 0 Å². The molecule has 2 aliphatic heterocycles. The van der Waals surface area contributed by atoms with E-state index in [0.29, 0.717) is 6.61 Å². The number of benzene rings is 1. The van der Waals surface area contributed by atoms with Crippen LogP contribution in [0.15, 0.2) is 43.0 Å². The standard InChI is InChI=1S/C18H22O5/c1-4-8-13(19)14-15(20-11-12-9-6-5-7-10-12)16-17(21-14)23-18(2,3)22-16/h4-7,9-10,14-17H,1,8,11H2,2-3H3/t14-,15+,16-,17-/m1/s1. The van der Waals surface area contributed by atoms with Crippen LogP contribution in [-0.4, -0.2) is 36.2 Å². The second-order valence-electron chi connectivity index (χ2n) is 6.25. The Labute approximate surface area is 136 Å². The molecule has 4 atom stereocenters. The van der Waals surface area contributed by atoms with Gasteiger partial charge in [-0.1, -0.05) is 36.4 Å². The van der Waals surface area contributed by atoms with E-state index in [-0.39, 0.29) is 12.2 Å². The van der Waals surface area contributed by atoms with Crippen molar-refractivity contribution >= 4 is 5.78 Å². The van der Waals surface area contributed by atoms with Crippen molar-refractivity contribution in [2.24, 2.45) is 0 Å². The molecule has 1 aromatic carbocycles. The maximum atomic E-state index is 12.3. The minimum atomic E-state index is -0.740. The van der Waals surface area contributed by atoms with E-state index in [4.69, 9.17) is 18.9 Å². The molecule has 0 radical (unpaired) electrons. The van der Waals surface area contributed by atoms with Gasteiger partial charge in [0.1, 0.15) is 18.3 Å². The molecule has 0 bridgehead atoms. The molecule has 1 aromatic rings. The first-order valence-corrected chi connectivity index (χ1v) is 7.80. The van der Waals surface area contributed by atoms with E-state index in [2.05, 4.69) is 6.58 Å². The Balaban J connectivity index is 1.73. The van der Waals surface area contributed by atoms with Gasteiger partial charge in [0, 0.05) is 6.42 Å². The summed E-state index contributed by atoms with van der Waals surface area (Å²) in [6.07, 6.45) is -0.368. The van der Waals surface area contributed by atoms with Gasteiger partial charge in [-0.15, -0.1) is 6.58 Å².